The standard InChI is InChI=1S/C15H22N2O3S.ClH/c1-2-20-13-4-3-5-14(10-13)21(18,19)17-9-7-15(12-17)6-8-16-11-15;/h3-5,10,16H,2,6-9,11-12H2,1H3;1H. The average Bonchev–Trinajstić information content (AvgIpc) is 3.11. The Balaban J connectivity index is 0.00000176. The van der Waals surface area contributed by atoms with Crippen molar-refractivity contribution < 1.29 is 13.2 Å². The van der Waals surface area contributed by atoms with Gasteiger partial charge in [-0.15, -0.1) is 12.4 Å². The zero-order valence-corrected chi connectivity index (χ0v) is 14.4. The summed E-state index contributed by atoms with van der Waals surface area (Å²) in [5.74, 6) is 0.606. The molecular formula is C15H23ClN2O3S. The molecule has 1 spiro atoms. The van der Waals surface area contributed by atoms with Gasteiger partial charge < -0.3 is 10.1 Å². The smallest absolute Gasteiger partial charge is 0.243 e. The summed E-state index contributed by atoms with van der Waals surface area (Å²) in [5, 5.41) is 3.35. The topological polar surface area (TPSA) is 58.6 Å². The van der Waals surface area contributed by atoms with Crippen molar-refractivity contribution in [3.8, 4) is 5.75 Å². The number of benzene rings is 1. The maximum absolute atomic E-state index is 12.8. The van der Waals surface area contributed by atoms with Crippen LogP contribution < -0.4 is 10.1 Å². The Morgan fingerprint density at radius 3 is 2.86 bits per heavy atom. The van der Waals surface area contributed by atoms with Crippen LogP contribution in [0.25, 0.3) is 0 Å². The second-order valence-corrected chi connectivity index (χ2v) is 7.86. The van der Waals surface area contributed by atoms with Gasteiger partial charge in [-0.25, -0.2) is 8.42 Å². The SMILES string of the molecule is CCOc1cccc(S(=O)(=O)N2CCC3(CCNC3)C2)c1.Cl. The Morgan fingerprint density at radius 1 is 1.36 bits per heavy atom. The second kappa shape index (κ2) is 6.74. The lowest BCUT2D eigenvalue weighted by Gasteiger charge is -2.22. The van der Waals surface area contributed by atoms with Crippen molar-refractivity contribution in [3.63, 3.8) is 0 Å². The Hall–Kier alpha value is -0.820. The number of nitrogens with one attached hydrogen (secondary N) is 1. The molecule has 2 heterocycles. The summed E-state index contributed by atoms with van der Waals surface area (Å²) in [4.78, 5) is 0.330. The minimum atomic E-state index is -3.42. The first-order valence-electron chi connectivity index (χ1n) is 7.50. The molecule has 2 fully saturated rings. The first-order valence-corrected chi connectivity index (χ1v) is 8.94. The molecule has 1 unspecified atom stereocenters. The summed E-state index contributed by atoms with van der Waals surface area (Å²) in [7, 11) is -3.42. The number of hydrogen-bond acceptors (Lipinski definition) is 4. The molecule has 1 N–H and O–H groups in total. The maximum atomic E-state index is 12.8. The van der Waals surface area contributed by atoms with Crippen molar-refractivity contribution >= 4 is 22.4 Å². The third-order valence-electron chi connectivity index (χ3n) is 4.49. The molecule has 0 aliphatic carbocycles. The molecule has 2 saturated heterocycles. The fraction of sp³-hybridized carbons (Fsp3) is 0.600. The first-order chi connectivity index (χ1) is 10.1. The maximum Gasteiger partial charge on any atom is 0.243 e. The highest BCUT2D eigenvalue weighted by Crippen LogP contribution is 2.38. The van der Waals surface area contributed by atoms with E-state index in [0.717, 1.165) is 25.9 Å². The van der Waals surface area contributed by atoms with E-state index in [-0.39, 0.29) is 17.8 Å². The zero-order valence-electron chi connectivity index (χ0n) is 12.7. The summed E-state index contributed by atoms with van der Waals surface area (Å²) >= 11 is 0. The summed E-state index contributed by atoms with van der Waals surface area (Å²) in [6.07, 6.45) is 2.02. The van der Waals surface area contributed by atoms with E-state index in [1.807, 2.05) is 6.92 Å². The van der Waals surface area contributed by atoms with Gasteiger partial charge in [-0.3, -0.25) is 0 Å². The minimum absolute atomic E-state index is 0. The number of ether oxygens (including phenoxy) is 1. The Morgan fingerprint density at radius 2 is 2.18 bits per heavy atom. The molecule has 2 aliphatic heterocycles. The highest BCUT2D eigenvalue weighted by atomic mass is 35.5. The zero-order chi connectivity index (χ0) is 14.9. The van der Waals surface area contributed by atoms with Crippen LogP contribution in [-0.4, -0.2) is 45.5 Å². The highest BCUT2D eigenvalue weighted by Gasteiger charge is 2.44. The van der Waals surface area contributed by atoms with Crippen molar-refractivity contribution in [2.75, 3.05) is 32.8 Å². The van der Waals surface area contributed by atoms with Crippen molar-refractivity contribution in [1.82, 2.24) is 9.62 Å². The highest BCUT2D eigenvalue weighted by molar-refractivity contribution is 7.89. The van der Waals surface area contributed by atoms with Gasteiger partial charge in [0, 0.05) is 25.7 Å². The lowest BCUT2D eigenvalue weighted by atomic mass is 9.87. The van der Waals surface area contributed by atoms with E-state index in [1.54, 1.807) is 28.6 Å². The second-order valence-electron chi connectivity index (χ2n) is 5.92. The van der Waals surface area contributed by atoms with Gasteiger partial charge in [0.25, 0.3) is 0 Å². The number of hydrogen-bond donors (Lipinski definition) is 1. The molecule has 0 bridgehead atoms. The molecule has 3 rings (SSSR count). The van der Waals surface area contributed by atoms with Gasteiger partial charge in [0.15, 0.2) is 0 Å². The largest absolute Gasteiger partial charge is 0.494 e. The lowest BCUT2D eigenvalue weighted by molar-refractivity contribution is 0.336. The Bertz CT molecular complexity index is 615. The molecule has 0 aromatic heterocycles. The molecule has 0 saturated carbocycles. The fourth-order valence-corrected chi connectivity index (χ4v) is 4.87. The number of halogens is 1. The van der Waals surface area contributed by atoms with Crippen LogP contribution in [0.2, 0.25) is 0 Å². The summed E-state index contributed by atoms with van der Waals surface area (Å²) in [5.41, 5.74) is 0.143. The van der Waals surface area contributed by atoms with E-state index in [0.29, 0.717) is 30.3 Å². The van der Waals surface area contributed by atoms with E-state index in [2.05, 4.69) is 5.32 Å². The van der Waals surface area contributed by atoms with Crippen LogP contribution in [0.5, 0.6) is 5.75 Å². The molecule has 2 aliphatic rings. The van der Waals surface area contributed by atoms with Crippen LogP contribution in [0, 0.1) is 5.41 Å². The quantitative estimate of drug-likeness (QED) is 0.904. The van der Waals surface area contributed by atoms with E-state index in [1.165, 1.54) is 0 Å². The van der Waals surface area contributed by atoms with E-state index in [9.17, 15) is 8.42 Å². The third kappa shape index (κ3) is 3.25. The van der Waals surface area contributed by atoms with E-state index >= 15 is 0 Å². The summed E-state index contributed by atoms with van der Waals surface area (Å²) in [6.45, 7) is 5.58. The van der Waals surface area contributed by atoms with Gasteiger partial charge >= 0.3 is 0 Å². The monoisotopic (exact) mass is 346 g/mol. The molecule has 7 heteroatoms. The Labute approximate surface area is 138 Å². The molecule has 1 atom stereocenters. The van der Waals surface area contributed by atoms with Gasteiger partial charge in [0.2, 0.25) is 10.0 Å². The van der Waals surface area contributed by atoms with Crippen LogP contribution in [0.1, 0.15) is 19.8 Å². The number of nitrogens with zero attached hydrogens (tertiary/aromatic N) is 1. The molecule has 124 valence electrons. The van der Waals surface area contributed by atoms with Gasteiger partial charge in [-0.1, -0.05) is 6.07 Å². The van der Waals surface area contributed by atoms with Gasteiger partial charge in [-0.05, 0) is 43.9 Å². The lowest BCUT2D eigenvalue weighted by Crippen LogP contribution is -2.33. The van der Waals surface area contributed by atoms with Crippen LogP contribution in [-0.2, 0) is 10.0 Å². The number of rotatable bonds is 4. The predicted octanol–water partition coefficient (Wildman–Crippen LogP) is 1.88. The van der Waals surface area contributed by atoms with Crippen LogP contribution >= 0.6 is 12.4 Å². The van der Waals surface area contributed by atoms with Gasteiger partial charge in [0.05, 0.1) is 11.5 Å². The van der Waals surface area contributed by atoms with Crippen LogP contribution in [0.3, 0.4) is 0 Å². The van der Waals surface area contributed by atoms with Crippen molar-refractivity contribution in [2.45, 2.75) is 24.7 Å². The summed E-state index contributed by atoms with van der Waals surface area (Å²) < 4.78 is 32.6. The van der Waals surface area contributed by atoms with Crippen LogP contribution in [0.15, 0.2) is 29.2 Å². The normalized spacial score (nSPS) is 25.3. The number of sulfonamides is 1. The molecule has 0 amide bonds. The van der Waals surface area contributed by atoms with Crippen molar-refractivity contribution in [3.05, 3.63) is 24.3 Å². The van der Waals surface area contributed by atoms with E-state index in [4.69, 9.17) is 4.74 Å². The molecule has 0 radical (unpaired) electrons. The molecule has 1 aromatic rings. The minimum Gasteiger partial charge on any atom is -0.494 e. The van der Waals surface area contributed by atoms with E-state index < -0.39 is 10.0 Å². The molecule has 1 aromatic carbocycles. The first kappa shape index (κ1) is 17.5. The predicted molar refractivity (Wildman–Crippen MR) is 88.2 cm³/mol. The van der Waals surface area contributed by atoms with Crippen molar-refractivity contribution in [1.29, 1.82) is 0 Å². The Kier molecular flexibility index (Phi) is 5.37. The summed E-state index contributed by atoms with van der Waals surface area (Å²) in [6, 6.07) is 6.79. The van der Waals surface area contributed by atoms with Crippen LogP contribution in [0.4, 0.5) is 0 Å². The molecular weight excluding hydrogens is 324 g/mol. The average molecular weight is 347 g/mol. The molecule has 5 nitrogen and oxygen atoms in total. The third-order valence-corrected chi connectivity index (χ3v) is 6.33. The van der Waals surface area contributed by atoms with Crippen molar-refractivity contribution in [2.24, 2.45) is 5.41 Å². The van der Waals surface area contributed by atoms with Gasteiger partial charge in [0.1, 0.15) is 5.75 Å². The fourth-order valence-electron chi connectivity index (χ4n) is 3.28. The van der Waals surface area contributed by atoms with Gasteiger partial charge in [-0.2, -0.15) is 4.31 Å². The molecule has 22 heavy (non-hydrogen) atoms.